The summed E-state index contributed by atoms with van der Waals surface area (Å²) in [4.78, 5) is 38.0. The van der Waals surface area contributed by atoms with E-state index >= 15 is 4.79 Å². The lowest BCUT2D eigenvalue weighted by Gasteiger charge is -2.50. The molecular weight excluding hydrogens is 510 g/mol. The summed E-state index contributed by atoms with van der Waals surface area (Å²) in [6, 6.07) is 24.6. The molecule has 0 aromatic heterocycles. The Kier molecular flexibility index (Phi) is 6.55. The molecule has 7 nitrogen and oxygen atoms in total. The number of piperidine rings is 1. The maximum Gasteiger partial charge on any atom is 0.250 e. The Bertz CT molecular complexity index is 1530. The number of ketones is 1. The van der Waals surface area contributed by atoms with Gasteiger partial charge in [-0.2, -0.15) is 0 Å². The number of Topliss-reactive ketones (excluding diaryl/α,β-unsaturated/α-hetero) is 1. The highest BCUT2D eigenvalue weighted by Gasteiger charge is 2.74. The van der Waals surface area contributed by atoms with Crippen molar-refractivity contribution in [3.8, 4) is 0 Å². The lowest BCUT2D eigenvalue weighted by atomic mass is 9.56. The van der Waals surface area contributed by atoms with Gasteiger partial charge in [0.2, 0.25) is 0 Å². The summed E-state index contributed by atoms with van der Waals surface area (Å²) < 4.78 is 0. The third-order valence-electron chi connectivity index (χ3n) is 9.38. The number of para-hydroxylation sites is 1. The largest absolute Gasteiger partial charge is 0.378 e. The van der Waals surface area contributed by atoms with E-state index in [1.807, 2.05) is 65.6 Å². The van der Waals surface area contributed by atoms with Crippen LogP contribution in [0.5, 0.6) is 0 Å². The molecule has 0 saturated carbocycles. The fraction of sp³-hybridized carbons (Fsp3) is 0.353. The zero-order valence-corrected chi connectivity index (χ0v) is 24.8. The number of hydrogen-bond donors (Lipinski definition) is 1. The molecule has 3 heterocycles. The Morgan fingerprint density at radius 3 is 2.10 bits per heavy atom. The number of fused-ring (bicyclic) bond motifs is 3. The third kappa shape index (κ3) is 3.94. The van der Waals surface area contributed by atoms with Crippen LogP contribution in [-0.4, -0.2) is 83.4 Å². The smallest absolute Gasteiger partial charge is 0.250 e. The monoisotopic (exact) mass is 549 g/mol. The highest BCUT2D eigenvalue weighted by atomic mass is 16.2. The first-order valence-corrected chi connectivity index (χ1v) is 14.2. The number of carbonyl (C=O) groups is 2. The van der Waals surface area contributed by atoms with E-state index in [1.54, 1.807) is 0 Å². The fourth-order valence-corrected chi connectivity index (χ4v) is 7.55. The van der Waals surface area contributed by atoms with E-state index in [0.717, 1.165) is 39.3 Å². The van der Waals surface area contributed by atoms with E-state index in [9.17, 15) is 4.79 Å². The molecule has 212 valence electrons. The Morgan fingerprint density at radius 1 is 0.854 bits per heavy atom. The van der Waals surface area contributed by atoms with Crippen LogP contribution in [0.25, 0.3) is 6.08 Å². The summed E-state index contributed by atoms with van der Waals surface area (Å²) in [5.41, 5.74) is 4.51. The van der Waals surface area contributed by atoms with Crippen molar-refractivity contribution in [2.45, 2.75) is 11.5 Å². The van der Waals surface area contributed by atoms with Gasteiger partial charge < -0.3 is 20.0 Å². The maximum atomic E-state index is 15.2. The van der Waals surface area contributed by atoms with E-state index in [2.05, 4.69) is 80.5 Å². The number of likely N-dealkylation sites (tertiary alicyclic amines) is 2. The molecule has 3 aromatic rings. The molecule has 0 aliphatic carbocycles. The minimum Gasteiger partial charge on any atom is -0.378 e. The highest BCUT2D eigenvalue weighted by Crippen LogP contribution is 2.64. The second-order valence-electron chi connectivity index (χ2n) is 12.3. The van der Waals surface area contributed by atoms with Crippen molar-refractivity contribution in [1.29, 1.82) is 0 Å². The number of hydrogen-bond acceptors (Lipinski definition) is 6. The van der Waals surface area contributed by atoms with Gasteiger partial charge >= 0.3 is 0 Å². The van der Waals surface area contributed by atoms with Crippen molar-refractivity contribution in [3.63, 3.8) is 0 Å². The van der Waals surface area contributed by atoms with Crippen molar-refractivity contribution >= 4 is 34.8 Å². The molecule has 3 aliphatic heterocycles. The molecule has 3 aliphatic rings. The second kappa shape index (κ2) is 9.86. The molecule has 3 atom stereocenters. The first kappa shape index (κ1) is 27.2. The standard InChI is InChI=1S/C34H39N5O2/c1-36(2)26-15-11-23(12-16-26)19-25-20-38(5)22-33(31(25)40)29(24-13-17-27(18-14-24)37(3)4)21-39(6)34(33)28-9-7-8-10-30(28)35-32(34)41/h7-19,29H,20-22H2,1-6H3,(H,35,41)/b25-19+/t29-,33+,34+/m0/s1. The van der Waals surface area contributed by atoms with Crippen molar-refractivity contribution in [1.82, 2.24) is 9.80 Å². The summed E-state index contributed by atoms with van der Waals surface area (Å²) >= 11 is 0. The van der Waals surface area contributed by atoms with Gasteiger partial charge in [-0.25, -0.2) is 0 Å². The quantitative estimate of drug-likeness (QED) is 0.491. The summed E-state index contributed by atoms with van der Waals surface area (Å²) in [5, 5.41) is 3.16. The predicted octanol–water partition coefficient (Wildman–Crippen LogP) is 4.28. The number of carbonyl (C=O) groups excluding carboxylic acids is 2. The Labute approximate surface area is 243 Å². The zero-order valence-electron chi connectivity index (χ0n) is 24.8. The number of nitrogens with one attached hydrogen (secondary N) is 1. The molecule has 7 heteroatoms. The summed E-state index contributed by atoms with van der Waals surface area (Å²) in [7, 11) is 12.1. The van der Waals surface area contributed by atoms with Crippen LogP contribution >= 0.6 is 0 Å². The van der Waals surface area contributed by atoms with Gasteiger partial charge in [0.1, 0.15) is 5.54 Å². The van der Waals surface area contributed by atoms with Gasteiger partial charge in [0.25, 0.3) is 5.91 Å². The van der Waals surface area contributed by atoms with Crippen LogP contribution in [0.4, 0.5) is 17.1 Å². The average Bonchev–Trinajstić information content (AvgIpc) is 3.40. The summed E-state index contributed by atoms with van der Waals surface area (Å²) in [6.45, 7) is 1.60. The Balaban J connectivity index is 1.56. The topological polar surface area (TPSA) is 59.1 Å². The van der Waals surface area contributed by atoms with Crippen molar-refractivity contribution in [2.24, 2.45) is 5.41 Å². The second-order valence-corrected chi connectivity index (χ2v) is 12.3. The number of likely N-dealkylation sites (N-methyl/N-ethyl adjacent to an activating group) is 2. The van der Waals surface area contributed by atoms with Gasteiger partial charge in [-0.05, 0) is 61.6 Å². The van der Waals surface area contributed by atoms with Crippen LogP contribution in [0.2, 0.25) is 0 Å². The fourth-order valence-electron chi connectivity index (χ4n) is 7.55. The molecule has 1 N–H and O–H groups in total. The van der Waals surface area contributed by atoms with Crippen LogP contribution in [-0.2, 0) is 15.1 Å². The number of amides is 1. The first-order chi connectivity index (χ1) is 19.6. The average molecular weight is 550 g/mol. The molecular formula is C34H39N5O2. The minimum atomic E-state index is -1.13. The van der Waals surface area contributed by atoms with Gasteiger partial charge in [-0.1, -0.05) is 42.5 Å². The molecule has 1 amide bonds. The highest BCUT2D eigenvalue weighted by molar-refractivity contribution is 6.15. The first-order valence-electron chi connectivity index (χ1n) is 14.2. The van der Waals surface area contributed by atoms with E-state index in [-0.39, 0.29) is 17.6 Å². The Morgan fingerprint density at radius 2 is 1.46 bits per heavy atom. The minimum absolute atomic E-state index is 0.0603. The summed E-state index contributed by atoms with van der Waals surface area (Å²) in [5.74, 6) is -0.243. The van der Waals surface area contributed by atoms with Crippen LogP contribution in [0.15, 0.2) is 78.4 Å². The third-order valence-corrected chi connectivity index (χ3v) is 9.38. The number of anilines is 3. The van der Waals surface area contributed by atoms with Crippen molar-refractivity contribution in [2.75, 3.05) is 77.0 Å². The van der Waals surface area contributed by atoms with Gasteiger partial charge in [-0.3, -0.25) is 14.5 Å². The molecule has 0 radical (unpaired) electrons. The molecule has 2 fully saturated rings. The van der Waals surface area contributed by atoms with Gasteiger partial charge in [0.15, 0.2) is 5.78 Å². The van der Waals surface area contributed by atoms with Crippen LogP contribution in [0.3, 0.4) is 0 Å². The van der Waals surface area contributed by atoms with E-state index in [0.29, 0.717) is 19.6 Å². The lowest BCUT2D eigenvalue weighted by molar-refractivity contribution is -0.146. The summed E-state index contributed by atoms with van der Waals surface area (Å²) in [6.07, 6.45) is 2.02. The van der Waals surface area contributed by atoms with Crippen LogP contribution in [0, 0.1) is 5.41 Å². The van der Waals surface area contributed by atoms with E-state index < -0.39 is 11.0 Å². The van der Waals surface area contributed by atoms with Crippen molar-refractivity contribution < 1.29 is 9.59 Å². The lowest BCUT2D eigenvalue weighted by Crippen LogP contribution is -2.65. The molecule has 2 saturated heterocycles. The molecule has 2 spiro atoms. The molecule has 6 rings (SSSR count). The molecule has 3 aromatic carbocycles. The van der Waals surface area contributed by atoms with E-state index in [1.165, 1.54) is 0 Å². The van der Waals surface area contributed by atoms with Crippen molar-refractivity contribution in [3.05, 3.63) is 95.1 Å². The van der Waals surface area contributed by atoms with Crippen LogP contribution in [0.1, 0.15) is 22.6 Å². The van der Waals surface area contributed by atoms with Crippen LogP contribution < -0.4 is 15.1 Å². The SMILES string of the molecule is CN1C/C(=C\c2ccc(N(C)C)cc2)C(=O)[C@@]2(C1)[C@H](c1ccc(N(C)C)cc1)CN(C)[C@]21C(=O)Nc2ccccc21. The molecule has 41 heavy (non-hydrogen) atoms. The van der Waals surface area contributed by atoms with Gasteiger partial charge in [-0.15, -0.1) is 0 Å². The number of benzene rings is 3. The van der Waals surface area contributed by atoms with E-state index in [4.69, 9.17) is 0 Å². The molecule has 0 unspecified atom stereocenters. The zero-order chi connectivity index (χ0) is 29.1. The normalized spacial score (nSPS) is 27.1. The number of rotatable bonds is 4. The number of nitrogens with zero attached hydrogens (tertiary/aromatic N) is 4. The van der Waals surface area contributed by atoms with Gasteiger partial charge in [0.05, 0.1) is 5.41 Å². The maximum absolute atomic E-state index is 15.2. The Hall–Kier alpha value is -3.94. The molecule has 0 bridgehead atoms. The van der Waals surface area contributed by atoms with Gasteiger partial charge in [0, 0.05) is 81.9 Å². The predicted molar refractivity (Wildman–Crippen MR) is 167 cm³/mol.